The largest absolute Gasteiger partial charge is 0.325 e. The van der Waals surface area contributed by atoms with E-state index in [2.05, 4.69) is 24.4 Å². The summed E-state index contributed by atoms with van der Waals surface area (Å²) in [5.41, 5.74) is 10.4. The van der Waals surface area contributed by atoms with E-state index < -0.39 is 0 Å². The van der Waals surface area contributed by atoms with Gasteiger partial charge in [0.15, 0.2) is 0 Å². The molecule has 92 valence electrons. The topological polar surface area (TPSA) is 55.1 Å². The van der Waals surface area contributed by atoms with Crippen molar-refractivity contribution in [3.05, 3.63) is 28.8 Å². The Balaban J connectivity index is 2.50. The standard InChI is InChI=1S/C14H20N2O/c1-4-10-11-7-9(12(15)5-2)6-8(3)13(11)16-14(10)17/h6-7,10,12H,4-5,15H2,1-3H3,(H,16,17). The number of benzene rings is 1. The summed E-state index contributed by atoms with van der Waals surface area (Å²) in [5.74, 6) is 0.112. The summed E-state index contributed by atoms with van der Waals surface area (Å²) < 4.78 is 0. The number of hydrogen-bond donors (Lipinski definition) is 2. The molecule has 0 aliphatic carbocycles. The van der Waals surface area contributed by atoms with Crippen LogP contribution in [0.2, 0.25) is 0 Å². The number of amides is 1. The van der Waals surface area contributed by atoms with Crippen molar-refractivity contribution in [2.24, 2.45) is 5.73 Å². The smallest absolute Gasteiger partial charge is 0.232 e. The van der Waals surface area contributed by atoms with Crippen LogP contribution in [0.4, 0.5) is 5.69 Å². The molecule has 1 aliphatic heterocycles. The van der Waals surface area contributed by atoms with E-state index in [0.717, 1.165) is 35.2 Å². The van der Waals surface area contributed by atoms with Crippen LogP contribution >= 0.6 is 0 Å². The molecule has 1 amide bonds. The quantitative estimate of drug-likeness (QED) is 0.842. The molecule has 0 saturated carbocycles. The third-order valence-corrected chi connectivity index (χ3v) is 3.60. The summed E-state index contributed by atoms with van der Waals surface area (Å²) in [6.07, 6.45) is 1.75. The Morgan fingerprint density at radius 1 is 1.41 bits per heavy atom. The highest BCUT2D eigenvalue weighted by atomic mass is 16.2. The van der Waals surface area contributed by atoms with E-state index >= 15 is 0 Å². The lowest BCUT2D eigenvalue weighted by molar-refractivity contribution is -0.117. The van der Waals surface area contributed by atoms with Crippen LogP contribution in [-0.4, -0.2) is 5.91 Å². The summed E-state index contributed by atoms with van der Waals surface area (Å²) in [5, 5.41) is 2.97. The zero-order chi connectivity index (χ0) is 12.6. The van der Waals surface area contributed by atoms with Crippen molar-refractivity contribution in [3.8, 4) is 0 Å². The highest BCUT2D eigenvalue weighted by molar-refractivity contribution is 6.03. The summed E-state index contributed by atoms with van der Waals surface area (Å²) in [4.78, 5) is 11.8. The lowest BCUT2D eigenvalue weighted by Crippen LogP contribution is -2.11. The minimum atomic E-state index is -0.00675. The fraction of sp³-hybridized carbons (Fsp3) is 0.500. The molecule has 0 spiro atoms. The lowest BCUT2D eigenvalue weighted by Gasteiger charge is -2.14. The summed E-state index contributed by atoms with van der Waals surface area (Å²) in [6.45, 7) is 6.15. The molecule has 0 saturated heterocycles. The summed E-state index contributed by atoms with van der Waals surface area (Å²) in [6, 6.07) is 4.25. The van der Waals surface area contributed by atoms with Crippen LogP contribution in [0.25, 0.3) is 0 Å². The van der Waals surface area contributed by atoms with Crippen LogP contribution in [0.5, 0.6) is 0 Å². The Hall–Kier alpha value is -1.35. The van der Waals surface area contributed by atoms with Crippen molar-refractivity contribution >= 4 is 11.6 Å². The molecular weight excluding hydrogens is 212 g/mol. The van der Waals surface area contributed by atoms with Crippen LogP contribution in [0.15, 0.2) is 12.1 Å². The Morgan fingerprint density at radius 3 is 2.71 bits per heavy atom. The lowest BCUT2D eigenvalue weighted by atomic mass is 9.92. The van der Waals surface area contributed by atoms with Crippen molar-refractivity contribution in [1.82, 2.24) is 0 Å². The third-order valence-electron chi connectivity index (χ3n) is 3.60. The number of nitrogens with one attached hydrogen (secondary N) is 1. The van der Waals surface area contributed by atoms with Gasteiger partial charge in [0, 0.05) is 11.7 Å². The van der Waals surface area contributed by atoms with Crippen molar-refractivity contribution in [2.75, 3.05) is 5.32 Å². The average molecular weight is 232 g/mol. The number of carbonyl (C=O) groups excluding carboxylic acids is 1. The Bertz CT molecular complexity index is 454. The molecule has 0 radical (unpaired) electrons. The monoisotopic (exact) mass is 232 g/mol. The van der Waals surface area contributed by atoms with E-state index in [-0.39, 0.29) is 17.9 Å². The molecule has 2 atom stereocenters. The van der Waals surface area contributed by atoms with E-state index in [0.29, 0.717) is 0 Å². The molecule has 0 bridgehead atoms. The van der Waals surface area contributed by atoms with Crippen molar-refractivity contribution in [2.45, 2.75) is 45.6 Å². The summed E-state index contributed by atoms with van der Waals surface area (Å²) >= 11 is 0. The van der Waals surface area contributed by atoms with E-state index in [1.165, 1.54) is 0 Å². The molecule has 3 N–H and O–H groups in total. The minimum Gasteiger partial charge on any atom is -0.325 e. The molecule has 1 aromatic carbocycles. The number of carbonyl (C=O) groups is 1. The molecule has 2 unspecified atom stereocenters. The van der Waals surface area contributed by atoms with Crippen LogP contribution < -0.4 is 11.1 Å². The van der Waals surface area contributed by atoms with E-state index in [1.807, 2.05) is 13.8 Å². The van der Waals surface area contributed by atoms with Crippen LogP contribution in [-0.2, 0) is 4.79 Å². The van der Waals surface area contributed by atoms with E-state index in [9.17, 15) is 4.79 Å². The number of anilines is 1. The van der Waals surface area contributed by atoms with Gasteiger partial charge in [-0.3, -0.25) is 4.79 Å². The van der Waals surface area contributed by atoms with Gasteiger partial charge in [0.2, 0.25) is 5.91 Å². The number of fused-ring (bicyclic) bond motifs is 1. The predicted molar refractivity (Wildman–Crippen MR) is 70.1 cm³/mol. The van der Waals surface area contributed by atoms with Crippen molar-refractivity contribution in [3.63, 3.8) is 0 Å². The van der Waals surface area contributed by atoms with Crippen LogP contribution in [0, 0.1) is 6.92 Å². The van der Waals surface area contributed by atoms with Crippen molar-refractivity contribution in [1.29, 1.82) is 0 Å². The molecule has 1 heterocycles. The summed E-state index contributed by atoms with van der Waals surface area (Å²) in [7, 11) is 0. The normalized spacial score (nSPS) is 20.0. The van der Waals surface area contributed by atoms with Gasteiger partial charge in [0.1, 0.15) is 0 Å². The van der Waals surface area contributed by atoms with Crippen molar-refractivity contribution < 1.29 is 4.79 Å². The molecule has 3 heteroatoms. The zero-order valence-electron chi connectivity index (χ0n) is 10.7. The van der Waals surface area contributed by atoms with Gasteiger partial charge in [-0.15, -0.1) is 0 Å². The molecule has 1 aromatic rings. The minimum absolute atomic E-state index is 0.00675. The second-order valence-corrected chi connectivity index (χ2v) is 4.77. The first-order chi connectivity index (χ1) is 8.08. The first-order valence-corrected chi connectivity index (χ1v) is 6.29. The maximum atomic E-state index is 11.8. The second-order valence-electron chi connectivity index (χ2n) is 4.77. The Kier molecular flexibility index (Phi) is 3.20. The predicted octanol–water partition coefficient (Wildman–Crippen LogP) is 2.85. The fourth-order valence-electron chi connectivity index (χ4n) is 2.50. The average Bonchev–Trinajstić information content (AvgIpc) is 2.64. The highest BCUT2D eigenvalue weighted by Crippen LogP contribution is 2.38. The van der Waals surface area contributed by atoms with Crippen LogP contribution in [0.1, 0.15) is 55.3 Å². The Morgan fingerprint density at radius 2 is 2.12 bits per heavy atom. The third kappa shape index (κ3) is 1.95. The molecule has 17 heavy (non-hydrogen) atoms. The van der Waals surface area contributed by atoms with Gasteiger partial charge >= 0.3 is 0 Å². The number of aryl methyl sites for hydroxylation is 1. The first kappa shape index (κ1) is 12.1. The van der Waals surface area contributed by atoms with Gasteiger partial charge in [-0.1, -0.05) is 26.0 Å². The van der Waals surface area contributed by atoms with E-state index in [4.69, 9.17) is 5.73 Å². The molecule has 1 aliphatic rings. The number of hydrogen-bond acceptors (Lipinski definition) is 2. The number of nitrogens with two attached hydrogens (primary N) is 1. The first-order valence-electron chi connectivity index (χ1n) is 6.29. The highest BCUT2D eigenvalue weighted by Gasteiger charge is 2.30. The zero-order valence-corrected chi connectivity index (χ0v) is 10.7. The van der Waals surface area contributed by atoms with Gasteiger partial charge in [0.05, 0.1) is 5.92 Å². The molecule has 0 fully saturated rings. The second kappa shape index (κ2) is 4.49. The molecular formula is C14H20N2O. The van der Waals surface area contributed by atoms with E-state index in [1.54, 1.807) is 0 Å². The van der Waals surface area contributed by atoms with Gasteiger partial charge in [-0.25, -0.2) is 0 Å². The number of rotatable bonds is 3. The van der Waals surface area contributed by atoms with Gasteiger partial charge in [0.25, 0.3) is 0 Å². The molecule has 2 rings (SSSR count). The maximum Gasteiger partial charge on any atom is 0.232 e. The Labute approximate surface area is 102 Å². The van der Waals surface area contributed by atoms with Crippen LogP contribution in [0.3, 0.4) is 0 Å². The van der Waals surface area contributed by atoms with Gasteiger partial charge in [-0.05, 0) is 36.5 Å². The SMILES string of the molecule is CCC(N)c1cc(C)c2c(c1)C(CC)C(=O)N2. The maximum absolute atomic E-state index is 11.8. The van der Waals surface area contributed by atoms with Gasteiger partial charge < -0.3 is 11.1 Å². The molecule has 3 nitrogen and oxygen atoms in total. The molecule has 0 aromatic heterocycles. The van der Waals surface area contributed by atoms with Gasteiger partial charge in [-0.2, -0.15) is 0 Å². The fourth-order valence-corrected chi connectivity index (χ4v) is 2.50.